The molecule has 2 rings (SSSR count). The summed E-state index contributed by atoms with van der Waals surface area (Å²) in [5.74, 6) is 0.888. The zero-order chi connectivity index (χ0) is 13.0. The average Bonchev–Trinajstić information content (AvgIpc) is 2.91. The summed E-state index contributed by atoms with van der Waals surface area (Å²) in [6.45, 7) is 5.34. The monoisotopic (exact) mass is 279 g/mol. The van der Waals surface area contributed by atoms with E-state index in [-0.39, 0.29) is 5.41 Å². The molecule has 0 atom stereocenters. The Balaban J connectivity index is 2.02. The van der Waals surface area contributed by atoms with Crippen molar-refractivity contribution in [2.75, 3.05) is 18.1 Å². The molecular formula is C13H17N3S2. The van der Waals surface area contributed by atoms with Crippen LogP contribution in [0.5, 0.6) is 0 Å². The summed E-state index contributed by atoms with van der Waals surface area (Å²) in [7, 11) is 0. The molecule has 96 valence electrons. The van der Waals surface area contributed by atoms with Gasteiger partial charge in [0.2, 0.25) is 0 Å². The summed E-state index contributed by atoms with van der Waals surface area (Å²) in [5.41, 5.74) is 0.110. The summed E-state index contributed by atoms with van der Waals surface area (Å²) in [6.07, 6.45) is 3.62. The molecule has 0 saturated carbocycles. The third kappa shape index (κ3) is 3.23. The fourth-order valence-electron chi connectivity index (χ4n) is 1.61. The normalized spacial score (nSPS) is 11.5. The molecule has 1 N–H and O–H groups in total. The van der Waals surface area contributed by atoms with E-state index in [0.29, 0.717) is 0 Å². The number of nitrogens with one attached hydrogen (secondary N) is 1. The van der Waals surface area contributed by atoms with Crippen molar-refractivity contribution in [3.63, 3.8) is 0 Å². The van der Waals surface area contributed by atoms with Gasteiger partial charge in [-0.3, -0.25) is 0 Å². The highest BCUT2D eigenvalue weighted by atomic mass is 32.2. The molecule has 0 bridgehead atoms. The van der Waals surface area contributed by atoms with Crippen LogP contribution in [0.4, 0.5) is 5.82 Å². The lowest BCUT2D eigenvalue weighted by molar-refractivity contribution is 0.568. The van der Waals surface area contributed by atoms with Gasteiger partial charge in [-0.1, -0.05) is 19.9 Å². The predicted octanol–water partition coefficient (Wildman–Crippen LogP) is 3.65. The fourth-order valence-corrected chi connectivity index (χ4v) is 2.84. The highest BCUT2D eigenvalue weighted by Crippen LogP contribution is 2.27. The zero-order valence-electron chi connectivity index (χ0n) is 10.8. The van der Waals surface area contributed by atoms with Crippen LogP contribution in [0.2, 0.25) is 0 Å². The first-order chi connectivity index (χ1) is 8.62. The Morgan fingerprint density at radius 1 is 1.39 bits per heavy atom. The first-order valence-corrected chi connectivity index (χ1v) is 7.86. The van der Waals surface area contributed by atoms with Crippen LogP contribution in [-0.4, -0.2) is 22.8 Å². The van der Waals surface area contributed by atoms with Gasteiger partial charge in [0.15, 0.2) is 0 Å². The number of hydrogen-bond acceptors (Lipinski definition) is 5. The van der Waals surface area contributed by atoms with Gasteiger partial charge in [-0.25, -0.2) is 9.97 Å². The smallest absolute Gasteiger partial charge is 0.130 e. The molecule has 0 unspecified atom stereocenters. The third-order valence-corrected chi connectivity index (χ3v) is 4.63. The van der Waals surface area contributed by atoms with Gasteiger partial charge in [0.1, 0.15) is 17.2 Å². The van der Waals surface area contributed by atoms with Gasteiger partial charge in [-0.2, -0.15) is 0 Å². The number of thiophene rings is 1. The lowest BCUT2D eigenvalue weighted by atomic mass is 9.91. The van der Waals surface area contributed by atoms with E-state index in [2.05, 4.69) is 46.6 Å². The van der Waals surface area contributed by atoms with Gasteiger partial charge in [-0.15, -0.1) is 23.1 Å². The van der Waals surface area contributed by atoms with E-state index in [1.54, 1.807) is 29.4 Å². The minimum atomic E-state index is 0.110. The second-order valence-electron chi connectivity index (χ2n) is 4.66. The standard InChI is InChI=1S/C13H17N3S2/c1-13(2,10-5-4-6-18-10)8-14-11-7-12(17-3)16-9-15-11/h4-7,9H,8H2,1-3H3,(H,14,15,16). The molecule has 3 nitrogen and oxygen atoms in total. The van der Waals surface area contributed by atoms with Crippen molar-refractivity contribution in [3.05, 3.63) is 34.8 Å². The minimum absolute atomic E-state index is 0.110. The number of anilines is 1. The van der Waals surface area contributed by atoms with Crippen LogP contribution in [-0.2, 0) is 5.41 Å². The fraction of sp³-hybridized carbons (Fsp3) is 0.385. The highest BCUT2D eigenvalue weighted by molar-refractivity contribution is 7.98. The maximum atomic E-state index is 4.24. The summed E-state index contributed by atoms with van der Waals surface area (Å²) in [4.78, 5) is 9.79. The van der Waals surface area contributed by atoms with Crippen molar-refractivity contribution in [1.82, 2.24) is 9.97 Å². The minimum Gasteiger partial charge on any atom is -0.369 e. The van der Waals surface area contributed by atoms with Crippen LogP contribution in [0.15, 0.2) is 34.9 Å². The Bertz CT molecular complexity index is 495. The van der Waals surface area contributed by atoms with Gasteiger partial charge in [0.05, 0.1) is 0 Å². The molecule has 0 aliphatic carbocycles. The van der Waals surface area contributed by atoms with E-state index in [0.717, 1.165) is 17.4 Å². The number of rotatable bonds is 5. The van der Waals surface area contributed by atoms with Crippen LogP contribution in [0.1, 0.15) is 18.7 Å². The molecule has 0 aromatic carbocycles. The Kier molecular flexibility index (Phi) is 4.24. The molecule has 2 heterocycles. The van der Waals surface area contributed by atoms with E-state index in [9.17, 15) is 0 Å². The van der Waals surface area contributed by atoms with Gasteiger partial charge < -0.3 is 5.32 Å². The molecule has 5 heteroatoms. The molecule has 2 aromatic rings. The topological polar surface area (TPSA) is 37.8 Å². The Morgan fingerprint density at radius 2 is 2.22 bits per heavy atom. The van der Waals surface area contributed by atoms with Crippen molar-refractivity contribution in [3.8, 4) is 0 Å². The molecule has 0 spiro atoms. The number of nitrogens with zero attached hydrogens (tertiary/aromatic N) is 2. The van der Waals surface area contributed by atoms with Crippen LogP contribution >= 0.6 is 23.1 Å². The van der Waals surface area contributed by atoms with E-state index in [4.69, 9.17) is 0 Å². The van der Waals surface area contributed by atoms with E-state index in [1.807, 2.05) is 12.3 Å². The van der Waals surface area contributed by atoms with E-state index >= 15 is 0 Å². The molecule has 0 amide bonds. The van der Waals surface area contributed by atoms with Crippen molar-refractivity contribution >= 4 is 28.9 Å². The summed E-state index contributed by atoms with van der Waals surface area (Å²) >= 11 is 3.42. The molecule has 0 aliphatic rings. The summed E-state index contributed by atoms with van der Waals surface area (Å²) in [5, 5.41) is 6.50. The lowest BCUT2D eigenvalue weighted by Gasteiger charge is -2.24. The van der Waals surface area contributed by atoms with Crippen LogP contribution in [0.25, 0.3) is 0 Å². The Labute approximate surface area is 116 Å². The molecule has 0 fully saturated rings. The van der Waals surface area contributed by atoms with Crippen molar-refractivity contribution in [2.24, 2.45) is 0 Å². The summed E-state index contributed by atoms with van der Waals surface area (Å²) in [6, 6.07) is 6.26. The molecular weight excluding hydrogens is 262 g/mol. The Morgan fingerprint density at radius 3 is 2.89 bits per heavy atom. The average molecular weight is 279 g/mol. The molecule has 0 radical (unpaired) electrons. The maximum Gasteiger partial charge on any atom is 0.130 e. The third-order valence-electron chi connectivity index (χ3n) is 2.75. The number of thioether (sulfide) groups is 1. The van der Waals surface area contributed by atoms with E-state index < -0.39 is 0 Å². The van der Waals surface area contributed by atoms with Crippen LogP contribution < -0.4 is 5.32 Å². The largest absolute Gasteiger partial charge is 0.369 e. The Hall–Kier alpha value is -1.07. The second-order valence-corrected chi connectivity index (χ2v) is 6.43. The highest BCUT2D eigenvalue weighted by Gasteiger charge is 2.21. The van der Waals surface area contributed by atoms with E-state index in [1.165, 1.54) is 4.88 Å². The van der Waals surface area contributed by atoms with Crippen LogP contribution in [0.3, 0.4) is 0 Å². The molecule has 0 saturated heterocycles. The lowest BCUT2D eigenvalue weighted by Crippen LogP contribution is -2.26. The van der Waals surface area contributed by atoms with Gasteiger partial charge in [0, 0.05) is 22.9 Å². The van der Waals surface area contributed by atoms with Crippen LogP contribution in [0, 0.1) is 0 Å². The second kappa shape index (κ2) is 5.71. The zero-order valence-corrected chi connectivity index (χ0v) is 12.4. The molecule has 2 aromatic heterocycles. The first kappa shape index (κ1) is 13.4. The van der Waals surface area contributed by atoms with Gasteiger partial charge >= 0.3 is 0 Å². The quantitative estimate of drug-likeness (QED) is 0.669. The molecule has 18 heavy (non-hydrogen) atoms. The first-order valence-electron chi connectivity index (χ1n) is 5.76. The number of aromatic nitrogens is 2. The van der Waals surface area contributed by atoms with Crippen molar-refractivity contribution in [1.29, 1.82) is 0 Å². The van der Waals surface area contributed by atoms with Gasteiger partial charge in [0.25, 0.3) is 0 Å². The number of hydrogen-bond donors (Lipinski definition) is 1. The maximum absolute atomic E-state index is 4.24. The van der Waals surface area contributed by atoms with Gasteiger partial charge in [-0.05, 0) is 17.7 Å². The SMILES string of the molecule is CSc1cc(NCC(C)(C)c2cccs2)ncn1. The predicted molar refractivity (Wildman–Crippen MR) is 79.6 cm³/mol. The van der Waals surface area contributed by atoms with Crippen molar-refractivity contribution < 1.29 is 0 Å². The van der Waals surface area contributed by atoms with Crippen molar-refractivity contribution in [2.45, 2.75) is 24.3 Å². The molecule has 0 aliphatic heterocycles. The summed E-state index contributed by atoms with van der Waals surface area (Å²) < 4.78 is 0.